The predicted octanol–water partition coefficient (Wildman–Crippen LogP) is 1.62. The molecule has 1 rings (SSSR count). The molecule has 0 fully saturated rings. The lowest BCUT2D eigenvalue weighted by Crippen LogP contribution is -2.18. The van der Waals surface area contributed by atoms with E-state index in [4.69, 9.17) is 5.26 Å². The average Bonchev–Trinajstić information content (AvgIpc) is 2.18. The lowest BCUT2D eigenvalue weighted by Gasteiger charge is -2.10. The number of aromatic nitrogens is 1. The molecule has 0 aliphatic heterocycles. The van der Waals surface area contributed by atoms with E-state index in [0.717, 1.165) is 12.2 Å². The largest absolute Gasteiger partial charge is 0.309 e. The Morgan fingerprint density at radius 3 is 2.85 bits per heavy atom. The van der Waals surface area contributed by atoms with Crippen molar-refractivity contribution < 1.29 is 0 Å². The van der Waals surface area contributed by atoms with Gasteiger partial charge in [-0.25, -0.2) is 0 Å². The van der Waals surface area contributed by atoms with Gasteiger partial charge in [0, 0.05) is 12.2 Å². The predicted molar refractivity (Wildman–Crippen MR) is 51.0 cm³/mol. The van der Waals surface area contributed by atoms with Crippen LogP contribution in [0.1, 0.15) is 31.1 Å². The van der Waals surface area contributed by atoms with E-state index in [1.54, 1.807) is 12.3 Å². The van der Waals surface area contributed by atoms with Crippen LogP contribution in [0.4, 0.5) is 0 Å². The van der Waals surface area contributed by atoms with Crippen molar-refractivity contribution in [1.29, 1.82) is 5.26 Å². The molecule has 13 heavy (non-hydrogen) atoms. The van der Waals surface area contributed by atoms with Crippen LogP contribution in [-0.4, -0.2) is 11.5 Å². The zero-order valence-corrected chi connectivity index (χ0v) is 7.91. The highest BCUT2D eigenvalue weighted by atomic mass is 14.9. The fourth-order valence-corrected chi connectivity index (χ4v) is 1.14. The Hall–Kier alpha value is -1.40. The van der Waals surface area contributed by atoms with Gasteiger partial charge >= 0.3 is 0 Å². The van der Waals surface area contributed by atoms with Gasteiger partial charge < -0.3 is 5.32 Å². The topological polar surface area (TPSA) is 48.7 Å². The highest BCUT2D eigenvalue weighted by Gasteiger charge is 2.03. The minimum atomic E-state index is 0.248. The van der Waals surface area contributed by atoms with Gasteiger partial charge in [-0.05, 0) is 25.6 Å². The fraction of sp³-hybridized carbons (Fsp3) is 0.400. The zero-order chi connectivity index (χ0) is 9.68. The third-order valence-corrected chi connectivity index (χ3v) is 1.87. The first-order chi connectivity index (χ1) is 6.27. The summed E-state index contributed by atoms with van der Waals surface area (Å²) in [7, 11) is 0. The lowest BCUT2D eigenvalue weighted by molar-refractivity contribution is 0.583. The van der Waals surface area contributed by atoms with Crippen LogP contribution >= 0.6 is 0 Å². The van der Waals surface area contributed by atoms with E-state index >= 15 is 0 Å². The fourth-order valence-electron chi connectivity index (χ4n) is 1.14. The second-order valence-electron chi connectivity index (χ2n) is 2.86. The van der Waals surface area contributed by atoms with Crippen molar-refractivity contribution in [2.24, 2.45) is 0 Å². The normalized spacial score (nSPS) is 12.1. The number of hydrogen-bond donors (Lipinski definition) is 1. The molecule has 0 aliphatic rings. The molecule has 1 N–H and O–H groups in total. The second kappa shape index (κ2) is 4.58. The van der Waals surface area contributed by atoms with Gasteiger partial charge in [-0.15, -0.1) is 0 Å². The van der Waals surface area contributed by atoms with Crippen LogP contribution in [0.15, 0.2) is 18.3 Å². The molecule has 1 aromatic rings. The Morgan fingerprint density at radius 2 is 2.38 bits per heavy atom. The molecule has 0 saturated carbocycles. The summed E-state index contributed by atoms with van der Waals surface area (Å²) in [5, 5.41) is 11.8. The van der Waals surface area contributed by atoms with Gasteiger partial charge in [-0.2, -0.15) is 5.26 Å². The summed E-state index contributed by atoms with van der Waals surface area (Å²) in [4.78, 5) is 4.18. The van der Waals surface area contributed by atoms with Crippen molar-refractivity contribution in [3.63, 3.8) is 0 Å². The molecule has 1 atom stereocenters. The Morgan fingerprint density at radius 1 is 1.62 bits per heavy atom. The molecule has 0 bridgehead atoms. The Balaban J connectivity index is 2.75. The summed E-state index contributed by atoms with van der Waals surface area (Å²) in [6.07, 6.45) is 1.60. The highest BCUT2D eigenvalue weighted by molar-refractivity contribution is 5.27. The van der Waals surface area contributed by atoms with Crippen LogP contribution in [0.25, 0.3) is 0 Å². The van der Waals surface area contributed by atoms with Crippen molar-refractivity contribution in [3.8, 4) is 6.07 Å². The molecule has 0 saturated heterocycles. The van der Waals surface area contributed by atoms with Gasteiger partial charge in [-0.1, -0.05) is 6.92 Å². The van der Waals surface area contributed by atoms with E-state index in [-0.39, 0.29) is 6.04 Å². The summed E-state index contributed by atoms with van der Waals surface area (Å²) in [6.45, 7) is 5.03. The molecule has 0 aliphatic carbocycles. The molecule has 1 aromatic heterocycles. The molecular weight excluding hydrogens is 162 g/mol. The van der Waals surface area contributed by atoms with E-state index < -0.39 is 0 Å². The number of rotatable bonds is 3. The van der Waals surface area contributed by atoms with Gasteiger partial charge in [0.2, 0.25) is 0 Å². The van der Waals surface area contributed by atoms with Crippen molar-refractivity contribution in [2.45, 2.75) is 19.9 Å². The monoisotopic (exact) mass is 175 g/mol. The summed E-state index contributed by atoms with van der Waals surface area (Å²) in [6, 6.07) is 5.96. The Bertz CT molecular complexity index is 297. The maximum Gasteiger partial charge on any atom is 0.101 e. The van der Waals surface area contributed by atoms with Crippen LogP contribution in [-0.2, 0) is 0 Å². The van der Waals surface area contributed by atoms with Crippen molar-refractivity contribution in [1.82, 2.24) is 10.3 Å². The summed E-state index contributed by atoms with van der Waals surface area (Å²) >= 11 is 0. The van der Waals surface area contributed by atoms with Crippen LogP contribution in [0.5, 0.6) is 0 Å². The van der Waals surface area contributed by atoms with Gasteiger partial charge in [-0.3, -0.25) is 4.98 Å². The first-order valence-corrected chi connectivity index (χ1v) is 4.37. The van der Waals surface area contributed by atoms with Gasteiger partial charge in [0.05, 0.1) is 11.3 Å². The van der Waals surface area contributed by atoms with Crippen molar-refractivity contribution >= 4 is 0 Å². The third-order valence-electron chi connectivity index (χ3n) is 1.87. The smallest absolute Gasteiger partial charge is 0.101 e. The number of nitrogens with one attached hydrogen (secondary N) is 1. The minimum absolute atomic E-state index is 0.248. The number of pyridine rings is 1. The van der Waals surface area contributed by atoms with Crippen molar-refractivity contribution in [3.05, 3.63) is 29.6 Å². The van der Waals surface area contributed by atoms with Crippen LogP contribution in [0.3, 0.4) is 0 Å². The molecule has 0 amide bonds. The molecule has 68 valence electrons. The Kier molecular flexibility index (Phi) is 3.41. The zero-order valence-electron chi connectivity index (χ0n) is 7.91. The third kappa shape index (κ3) is 2.53. The van der Waals surface area contributed by atoms with E-state index in [0.29, 0.717) is 5.56 Å². The van der Waals surface area contributed by atoms with Crippen molar-refractivity contribution in [2.75, 3.05) is 6.54 Å². The first-order valence-electron chi connectivity index (χ1n) is 4.37. The van der Waals surface area contributed by atoms with Crippen LogP contribution in [0.2, 0.25) is 0 Å². The number of hydrogen-bond acceptors (Lipinski definition) is 3. The highest BCUT2D eigenvalue weighted by Crippen LogP contribution is 2.08. The Labute approximate surface area is 78.4 Å². The average molecular weight is 175 g/mol. The lowest BCUT2D eigenvalue weighted by atomic mass is 10.2. The molecule has 0 aromatic carbocycles. The minimum Gasteiger partial charge on any atom is -0.309 e. The number of nitriles is 1. The maximum atomic E-state index is 8.56. The summed E-state index contributed by atoms with van der Waals surface area (Å²) in [5.74, 6) is 0. The van der Waals surface area contributed by atoms with Crippen LogP contribution < -0.4 is 5.32 Å². The van der Waals surface area contributed by atoms with Gasteiger partial charge in [0.15, 0.2) is 0 Å². The van der Waals surface area contributed by atoms with Crippen LogP contribution in [0, 0.1) is 11.3 Å². The van der Waals surface area contributed by atoms with E-state index in [1.807, 2.05) is 12.1 Å². The molecule has 1 heterocycles. The molecule has 3 heteroatoms. The van der Waals surface area contributed by atoms with Gasteiger partial charge in [0.1, 0.15) is 6.07 Å². The number of nitrogens with zero attached hydrogens (tertiary/aromatic N) is 2. The van der Waals surface area contributed by atoms with E-state index in [1.165, 1.54) is 0 Å². The van der Waals surface area contributed by atoms with Gasteiger partial charge in [0.25, 0.3) is 0 Å². The molecule has 0 spiro atoms. The first kappa shape index (κ1) is 9.69. The summed E-state index contributed by atoms with van der Waals surface area (Å²) in [5.41, 5.74) is 1.58. The SMILES string of the molecule is CCNC(C)c1ccc(C#N)cn1. The van der Waals surface area contributed by atoms with E-state index in [2.05, 4.69) is 24.1 Å². The standard InChI is InChI=1S/C10H13N3/c1-3-12-8(2)10-5-4-9(6-11)7-13-10/h4-5,7-8,12H,3H2,1-2H3. The quantitative estimate of drug-likeness (QED) is 0.759. The maximum absolute atomic E-state index is 8.56. The molecule has 0 radical (unpaired) electrons. The molecular formula is C10H13N3. The second-order valence-corrected chi connectivity index (χ2v) is 2.86. The molecule has 1 unspecified atom stereocenters. The molecule has 3 nitrogen and oxygen atoms in total. The summed E-state index contributed by atoms with van der Waals surface area (Å²) < 4.78 is 0. The van der Waals surface area contributed by atoms with E-state index in [9.17, 15) is 0 Å².